The molecule has 0 aliphatic heterocycles. The summed E-state index contributed by atoms with van der Waals surface area (Å²) >= 11 is 7.74. The molecule has 0 aromatic heterocycles. The molecule has 9 heteroatoms. The largest absolute Gasteiger partial charge is 0.389 e. The number of thiocarbonyl (C=S) groups is 1. The molecule has 0 unspecified atom stereocenters. The highest BCUT2D eigenvalue weighted by atomic mass is 79.9. The first-order valence-electron chi connectivity index (χ1n) is 4.13. The molecule has 0 amide bonds. The molecule has 0 bridgehead atoms. The van der Waals surface area contributed by atoms with Gasteiger partial charge >= 0.3 is 5.76 Å². The minimum atomic E-state index is -4.68. The van der Waals surface area contributed by atoms with Gasteiger partial charge in [-0.3, -0.25) is 4.72 Å². The molecule has 0 atom stereocenters. The average molecular weight is 345 g/mol. The van der Waals surface area contributed by atoms with Crippen LogP contribution in [0.1, 0.15) is 5.56 Å². The van der Waals surface area contributed by atoms with Crippen molar-refractivity contribution >= 4 is 48.8 Å². The van der Waals surface area contributed by atoms with Crippen molar-refractivity contribution in [3.05, 3.63) is 28.2 Å². The fourth-order valence-corrected chi connectivity index (χ4v) is 2.26. The Bertz CT molecular complexity index is 548. The van der Waals surface area contributed by atoms with Crippen LogP contribution in [0.4, 0.5) is 14.5 Å². The van der Waals surface area contributed by atoms with Gasteiger partial charge in [0, 0.05) is 10.0 Å². The lowest BCUT2D eigenvalue weighted by molar-refractivity contribution is 0.236. The van der Waals surface area contributed by atoms with E-state index < -0.39 is 15.8 Å². The number of sulfonamides is 1. The molecule has 1 rings (SSSR count). The maximum Gasteiger partial charge on any atom is 0.355 e. The lowest BCUT2D eigenvalue weighted by Gasteiger charge is -2.09. The number of nitrogens with one attached hydrogen (secondary N) is 1. The van der Waals surface area contributed by atoms with Crippen molar-refractivity contribution in [1.82, 2.24) is 0 Å². The van der Waals surface area contributed by atoms with E-state index in [0.717, 1.165) is 0 Å². The predicted molar refractivity (Wildman–Crippen MR) is 68.6 cm³/mol. The minimum absolute atomic E-state index is 0.00898. The molecule has 0 aliphatic carbocycles. The quantitative estimate of drug-likeness (QED) is 0.820. The zero-order valence-corrected chi connectivity index (χ0v) is 11.4. The van der Waals surface area contributed by atoms with E-state index in [0.29, 0.717) is 5.56 Å². The molecule has 0 spiro atoms. The third-order valence-electron chi connectivity index (χ3n) is 1.74. The normalized spacial score (nSPS) is 11.5. The molecule has 1 aromatic carbocycles. The van der Waals surface area contributed by atoms with Crippen LogP contribution in [0.15, 0.2) is 22.7 Å². The Hall–Kier alpha value is -0.800. The van der Waals surface area contributed by atoms with Crippen LogP contribution in [0.25, 0.3) is 0 Å². The van der Waals surface area contributed by atoms with Crippen LogP contribution < -0.4 is 10.5 Å². The molecule has 1 aromatic rings. The monoisotopic (exact) mass is 344 g/mol. The van der Waals surface area contributed by atoms with Crippen LogP contribution in [0.3, 0.4) is 0 Å². The summed E-state index contributed by atoms with van der Waals surface area (Å²) in [4.78, 5) is 0.119. The lowest BCUT2D eigenvalue weighted by Crippen LogP contribution is -2.21. The molecule has 94 valence electrons. The van der Waals surface area contributed by atoms with E-state index in [1.807, 2.05) is 0 Å². The van der Waals surface area contributed by atoms with Crippen LogP contribution in [0.2, 0.25) is 0 Å². The van der Waals surface area contributed by atoms with Crippen molar-refractivity contribution < 1.29 is 17.2 Å². The van der Waals surface area contributed by atoms with Gasteiger partial charge in [-0.1, -0.05) is 12.2 Å². The van der Waals surface area contributed by atoms with Gasteiger partial charge in [0.25, 0.3) is 10.0 Å². The summed E-state index contributed by atoms with van der Waals surface area (Å²) < 4.78 is 48.2. The minimum Gasteiger partial charge on any atom is -0.389 e. The van der Waals surface area contributed by atoms with Crippen LogP contribution in [-0.2, 0) is 10.0 Å². The van der Waals surface area contributed by atoms with Crippen LogP contribution in [-0.4, -0.2) is 19.2 Å². The van der Waals surface area contributed by atoms with Gasteiger partial charge in [0.2, 0.25) is 0 Å². The second kappa shape index (κ2) is 5.23. The van der Waals surface area contributed by atoms with Gasteiger partial charge in [0.1, 0.15) is 4.99 Å². The van der Waals surface area contributed by atoms with Gasteiger partial charge < -0.3 is 5.73 Å². The summed E-state index contributed by atoms with van der Waals surface area (Å²) in [5, 5.41) is 0. The van der Waals surface area contributed by atoms with Crippen LogP contribution in [0, 0.1) is 0 Å². The van der Waals surface area contributed by atoms with E-state index in [1.54, 1.807) is 4.72 Å². The summed E-state index contributed by atoms with van der Waals surface area (Å²) in [5.74, 6) is -3.50. The average Bonchev–Trinajstić information content (AvgIpc) is 2.20. The number of nitrogens with two attached hydrogens (primary N) is 1. The fraction of sp³-hybridized carbons (Fsp3) is 0.125. The first-order valence-corrected chi connectivity index (χ1v) is 6.88. The second-order valence-corrected chi connectivity index (χ2v) is 5.91. The Morgan fingerprint density at radius 1 is 1.47 bits per heavy atom. The summed E-state index contributed by atoms with van der Waals surface area (Å²) in [5.41, 5.74) is 5.84. The Morgan fingerprint density at radius 2 is 2.06 bits per heavy atom. The van der Waals surface area contributed by atoms with Crippen molar-refractivity contribution in [2.75, 3.05) is 4.72 Å². The maximum absolute atomic E-state index is 12.1. The van der Waals surface area contributed by atoms with Crippen LogP contribution >= 0.6 is 28.1 Å². The number of hydrogen-bond acceptors (Lipinski definition) is 3. The van der Waals surface area contributed by atoms with E-state index in [-0.39, 0.29) is 15.1 Å². The lowest BCUT2D eigenvalue weighted by atomic mass is 10.2. The summed E-state index contributed by atoms with van der Waals surface area (Å²) in [6, 6.07) is 4.15. The zero-order chi connectivity index (χ0) is 13.2. The predicted octanol–water partition coefficient (Wildman–Crippen LogP) is 2.05. The van der Waals surface area contributed by atoms with Crippen molar-refractivity contribution in [3.63, 3.8) is 0 Å². The van der Waals surface area contributed by atoms with Crippen molar-refractivity contribution in [1.29, 1.82) is 0 Å². The van der Waals surface area contributed by atoms with Crippen molar-refractivity contribution in [2.24, 2.45) is 5.73 Å². The summed E-state index contributed by atoms with van der Waals surface area (Å²) in [6.07, 6.45) is 0. The second-order valence-electron chi connectivity index (χ2n) is 2.97. The van der Waals surface area contributed by atoms with Gasteiger partial charge in [0.05, 0.1) is 5.69 Å². The maximum atomic E-state index is 12.1. The third kappa shape index (κ3) is 3.58. The first-order chi connectivity index (χ1) is 7.74. The number of anilines is 1. The van der Waals surface area contributed by atoms with E-state index >= 15 is 0 Å². The SMILES string of the molecule is NC(=S)c1ccc(NS(=O)(=O)C(F)F)c(Br)c1. The number of rotatable bonds is 4. The fourth-order valence-electron chi connectivity index (χ4n) is 0.949. The number of halogens is 3. The Balaban J connectivity index is 3.06. The number of hydrogen-bond donors (Lipinski definition) is 2. The molecule has 0 saturated heterocycles. The first kappa shape index (κ1) is 14.3. The van der Waals surface area contributed by atoms with Gasteiger partial charge in [-0.05, 0) is 34.1 Å². The highest BCUT2D eigenvalue weighted by Gasteiger charge is 2.24. The standard InChI is InChI=1S/C8H7BrF2N2O2S2/c9-5-3-4(7(12)16)1-2-6(5)13-17(14,15)8(10)11/h1-3,8,13H,(H2,12,16). The molecule has 3 N–H and O–H groups in total. The highest BCUT2D eigenvalue weighted by Crippen LogP contribution is 2.25. The molecule has 0 aliphatic rings. The van der Waals surface area contributed by atoms with Crippen LogP contribution in [0.5, 0.6) is 0 Å². The molecule has 0 fully saturated rings. The molecule has 0 radical (unpaired) electrons. The van der Waals surface area contributed by atoms with E-state index in [9.17, 15) is 17.2 Å². The molecule has 0 saturated carbocycles. The van der Waals surface area contributed by atoms with Crippen molar-refractivity contribution in [3.8, 4) is 0 Å². The third-order valence-corrected chi connectivity index (χ3v) is 3.61. The van der Waals surface area contributed by atoms with E-state index in [1.165, 1.54) is 18.2 Å². The highest BCUT2D eigenvalue weighted by molar-refractivity contribution is 9.10. The van der Waals surface area contributed by atoms with E-state index in [4.69, 9.17) is 18.0 Å². The smallest absolute Gasteiger partial charge is 0.355 e. The molecule has 0 heterocycles. The van der Waals surface area contributed by atoms with Gasteiger partial charge in [0.15, 0.2) is 0 Å². The molecular weight excluding hydrogens is 338 g/mol. The molecule has 4 nitrogen and oxygen atoms in total. The van der Waals surface area contributed by atoms with Crippen molar-refractivity contribution in [2.45, 2.75) is 5.76 Å². The van der Waals surface area contributed by atoms with E-state index in [2.05, 4.69) is 15.9 Å². The topological polar surface area (TPSA) is 72.2 Å². The number of alkyl halides is 2. The Labute approximate surface area is 110 Å². The van der Waals surface area contributed by atoms with Gasteiger partial charge in [-0.25, -0.2) is 8.42 Å². The molecule has 17 heavy (non-hydrogen) atoms. The van der Waals surface area contributed by atoms with Gasteiger partial charge in [-0.15, -0.1) is 0 Å². The Kier molecular flexibility index (Phi) is 4.39. The molecular formula is C8H7BrF2N2O2S2. The summed E-state index contributed by atoms with van der Waals surface area (Å²) in [6.45, 7) is 0. The zero-order valence-electron chi connectivity index (χ0n) is 8.15. The number of benzene rings is 1. The Morgan fingerprint density at radius 3 is 2.47 bits per heavy atom. The summed E-state index contributed by atoms with van der Waals surface area (Å²) in [7, 11) is -4.68. The van der Waals surface area contributed by atoms with Gasteiger partial charge in [-0.2, -0.15) is 8.78 Å².